The molecule has 4 heteroatoms. The fourth-order valence-corrected chi connectivity index (χ4v) is 5.47. The molecular weight excluding hydrogens is 404 g/mol. The van der Waals surface area contributed by atoms with E-state index in [9.17, 15) is 0 Å². The maximum absolute atomic E-state index is 4.93. The molecule has 0 amide bonds. The van der Waals surface area contributed by atoms with Gasteiger partial charge in [-0.15, -0.1) is 22.7 Å². The standard InChI is InChI=1S/C26H22N2S2/c1-26(2,3)18-14-12-17(13-15-18)16-19(24-27-20-8-4-6-10-22(20)29-24)25-28-21-9-5-7-11-23(21)30-25/h4-16H,1-3H3. The van der Waals surface area contributed by atoms with Crippen molar-refractivity contribution in [2.75, 3.05) is 0 Å². The molecule has 3 aromatic carbocycles. The average molecular weight is 427 g/mol. The van der Waals surface area contributed by atoms with E-state index in [1.54, 1.807) is 22.7 Å². The van der Waals surface area contributed by atoms with Crippen LogP contribution in [-0.4, -0.2) is 9.97 Å². The van der Waals surface area contributed by atoms with E-state index in [4.69, 9.17) is 9.97 Å². The zero-order valence-corrected chi connectivity index (χ0v) is 18.8. The molecule has 0 bridgehead atoms. The highest BCUT2D eigenvalue weighted by atomic mass is 32.1. The molecular formula is C26H22N2S2. The van der Waals surface area contributed by atoms with Gasteiger partial charge in [-0.1, -0.05) is 69.3 Å². The first-order valence-corrected chi connectivity index (χ1v) is 11.6. The summed E-state index contributed by atoms with van der Waals surface area (Å²) in [4.78, 5) is 9.86. The van der Waals surface area contributed by atoms with Gasteiger partial charge < -0.3 is 0 Å². The number of para-hydroxylation sites is 2. The Morgan fingerprint density at radius 1 is 0.700 bits per heavy atom. The van der Waals surface area contributed by atoms with Gasteiger partial charge in [0.25, 0.3) is 0 Å². The average Bonchev–Trinajstić information content (AvgIpc) is 3.35. The Bertz CT molecular complexity index is 1220. The van der Waals surface area contributed by atoms with Crippen molar-refractivity contribution in [1.29, 1.82) is 0 Å². The first kappa shape index (κ1) is 19.2. The number of hydrogen-bond acceptors (Lipinski definition) is 4. The third-order valence-electron chi connectivity index (χ3n) is 5.14. The smallest absolute Gasteiger partial charge is 0.127 e. The third-order valence-corrected chi connectivity index (χ3v) is 7.28. The van der Waals surface area contributed by atoms with Gasteiger partial charge in [0.1, 0.15) is 10.0 Å². The van der Waals surface area contributed by atoms with Gasteiger partial charge in [-0.3, -0.25) is 0 Å². The summed E-state index contributed by atoms with van der Waals surface area (Å²) in [5.41, 5.74) is 5.80. The predicted molar refractivity (Wildman–Crippen MR) is 131 cm³/mol. The SMILES string of the molecule is CC(C)(C)c1ccc(C=C(c2nc3ccccc3s2)c2nc3ccccc3s2)cc1. The Labute approximate surface area is 184 Å². The number of aromatic nitrogens is 2. The van der Waals surface area contributed by atoms with Crippen LogP contribution in [0.2, 0.25) is 0 Å². The van der Waals surface area contributed by atoms with Crippen LogP contribution in [0, 0.1) is 0 Å². The largest absolute Gasteiger partial charge is 0.236 e. The van der Waals surface area contributed by atoms with Gasteiger partial charge in [0.2, 0.25) is 0 Å². The van der Waals surface area contributed by atoms with Crippen LogP contribution in [0.3, 0.4) is 0 Å². The Hall–Kier alpha value is -2.82. The summed E-state index contributed by atoms with van der Waals surface area (Å²) < 4.78 is 2.39. The minimum atomic E-state index is 0.144. The molecule has 0 spiro atoms. The Morgan fingerprint density at radius 3 is 1.67 bits per heavy atom. The van der Waals surface area contributed by atoms with Crippen LogP contribution in [0.1, 0.15) is 41.9 Å². The fourth-order valence-electron chi connectivity index (χ4n) is 3.44. The van der Waals surface area contributed by atoms with Crippen LogP contribution in [0.15, 0.2) is 72.8 Å². The van der Waals surface area contributed by atoms with Gasteiger partial charge >= 0.3 is 0 Å². The zero-order chi connectivity index (χ0) is 20.7. The molecule has 0 aliphatic heterocycles. The highest BCUT2D eigenvalue weighted by molar-refractivity contribution is 7.22. The molecule has 0 saturated carbocycles. The van der Waals surface area contributed by atoms with Crippen molar-refractivity contribution in [3.05, 3.63) is 93.9 Å². The summed E-state index contributed by atoms with van der Waals surface area (Å²) in [5, 5.41) is 2.02. The molecule has 2 nitrogen and oxygen atoms in total. The first-order valence-electron chi connectivity index (χ1n) is 10.0. The highest BCUT2D eigenvalue weighted by Crippen LogP contribution is 2.36. The van der Waals surface area contributed by atoms with E-state index in [1.165, 1.54) is 15.0 Å². The van der Waals surface area contributed by atoms with E-state index < -0.39 is 0 Å². The van der Waals surface area contributed by atoms with Crippen LogP contribution in [0.25, 0.3) is 32.1 Å². The molecule has 2 aromatic heterocycles. The van der Waals surface area contributed by atoms with E-state index in [0.717, 1.165) is 32.2 Å². The molecule has 0 aliphatic carbocycles. The van der Waals surface area contributed by atoms with Gasteiger partial charge in [0.05, 0.1) is 20.4 Å². The lowest BCUT2D eigenvalue weighted by Gasteiger charge is -2.18. The molecule has 30 heavy (non-hydrogen) atoms. The van der Waals surface area contributed by atoms with E-state index in [1.807, 2.05) is 12.1 Å². The molecule has 0 unspecified atom stereocenters. The Morgan fingerprint density at radius 2 is 1.20 bits per heavy atom. The molecule has 0 saturated heterocycles. The van der Waals surface area contributed by atoms with Crippen molar-refractivity contribution in [3.63, 3.8) is 0 Å². The zero-order valence-electron chi connectivity index (χ0n) is 17.2. The molecule has 148 valence electrons. The van der Waals surface area contributed by atoms with Crippen LogP contribution >= 0.6 is 22.7 Å². The van der Waals surface area contributed by atoms with Crippen molar-refractivity contribution in [1.82, 2.24) is 9.97 Å². The summed E-state index contributed by atoms with van der Waals surface area (Å²) in [7, 11) is 0. The maximum Gasteiger partial charge on any atom is 0.127 e. The molecule has 5 rings (SSSR count). The minimum Gasteiger partial charge on any atom is -0.236 e. The second-order valence-corrected chi connectivity index (χ2v) is 10.5. The van der Waals surface area contributed by atoms with Gasteiger partial charge in [0, 0.05) is 5.57 Å². The molecule has 0 fully saturated rings. The Balaban J connectivity index is 1.66. The van der Waals surface area contributed by atoms with Crippen molar-refractivity contribution in [2.24, 2.45) is 0 Å². The second-order valence-electron chi connectivity index (χ2n) is 8.40. The highest BCUT2D eigenvalue weighted by Gasteiger charge is 2.17. The lowest BCUT2D eigenvalue weighted by molar-refractivity contribution is 0.590. The number of hydrogen-bond donors (Lipinski definition) is 0. The van der Waals surface area contributed by atoms with Crippen LogP contribution < -0.4 is 0 Å². The molecule has 0 aliphatic rings. The number of rotatable bonds is 3. The quantitative estimate of drug-likeness (QED) is 0.294. The number of fused-ring (bicyclic) bond motifs is 2. The molecule has 0 atom stereocenters. The van der Waals surface area contributed by atoms with Crippen molar-refractivity contribution in [2.45, 2.75) is 26.2 Å². The minimum absolute atomic E-state index is 0.144. The normalized spacial score (nSPS) is 11.8. The second kappa shape index (κ2) is 7.46. The topological polar surface area (TPSA) is 25.8 Å². The monoisotopic (exact) mass is 426 g/mol. The van der Waals surface area contributed by atoms with Crippen molar-refractivity contribution in [3.8, 4) is 0 Å². The number of thiazole rings is 2. The summed E-state index contributed by atoms with van der Waals surface area (Å²) in [5.74, 6) is 0. The van der Waals surface area contributed by atoms with Crippen LogP contribution in [0.4, 0.5) is 0 Å². The first-order chi connectivity index (χ1) is 14.5. The van der Waals surface area contributed by atoms with Gasteiger partial charge in [-0.25, -0.2) is 9.97 Å². The number of benzene rings is 3. The summed E-state index contributed by atoms with van der Waals surface area (Å²) >= 11 is 3.45. The van der Waals surface area contributed by atoms with Crippen molar-refractivity contribution < 1.29 is 0 Å². The van der Waals surface area contributed by atoms with Crippen LogP contribution in [-0.2, 0) is 5.41 Å². The molecule has 0 N–H and O–H groups in total. The van der Waals surface area contributed by atoms with E-state index >= 15 is 0 Å². The summed E-state index contributed by atoms with van der Waals surface area (Å²) in [6.07, 6.45) is 2.22. The molecule has 0 radical (unpaired) electrons. The molecule has 2 heterocycles. The third kappa shape index (κ3) is 3.69. The van der Waals surface area contributed by atoms with Gasteiger partial charge in [0.15, 0.2) is 0 Å². The summed E-state index contributed by atoms with van der Waals surface area (Å²) in [6, 6.07) is 25.5. The van der Waals surface area contributed by atoms with Crippen LogP contribution in [0.5, 0.6) is 0 Å². The molecule has 5 aromatic rings. The van der Waals surface area contributed by atoms with Gasteiger partial charge in [-0.2, -0.15) is 0 Å². The van der Waals surface area contributed by atoms with E-state index in [0.29, 0.717) is 0 Å². The number of nitrogens with zero attached hydrogens (tertiary/aromatic N) is 2. The van der Waals surface area contributed by atoms with E-state index in [2.05, 4.69) is 87.5 Å². The lowest BCUT2D eigenvalue weighted by Crippen LogP contribution is -2.10. The van der Waals surface area contributed by atoms with Crippen molar-refractivity contribution >= 4 is 54.8 Å². The van der Waals surface area contributed by atoms with E-state index in [-0.39, 0.29) is 5.41 Å². The Kier molecular flexibility index (Phi) is 4.76. The predicted octanol–water partition coefficient (Wildman–Crippen LogP) is 7.79. The lowest BCUT2D eigenvalue weighted by atomic mass is 9.86. The maximum atomic E-state index is 4.93. The fraction of sp³-hybridized carbons (Fsp3) is 0.154. The van der Waals surface area contributed by atoms with Gasteiger partial charge in [-0.05, 0) is 46.9 Å². The summed E-state index contributed by atoms with van der Waals surface area (Å²) in [6.45, 7) is 6.72.